The maximum Gasteiger partial charge on any atom is 0.229 e. The molecule has 0 spiro atoms. The van der Waals surface area contributed by atoms with Crippen molar-refractivity contribution >= 4 is 47.2 Å². The Morgan fingerprint density at radius 3 is 2.32 bits per heavy atom. The first-order valence-corrected chi connectivity index (χ1v) is 17.4. The van der Waals surface area contributed by atoms with Crippen LogP contribution >= 0.6 is 18.7 Å². The minimum atomic E-state index is -2.67. The van der Waals surface area contributed by atoms with Gasteiger partial charge in [-0.05, 0) is 72.2 Å². The molecule has 228 valence electrons. The number of hydrogen-bond donors (Lipinski definition) is 2. The fourth-order valence-electron chi connectivity index (χ4n) is 5.04. The summed E-state index contributed by atoms with van der Waals surface area (Å²) in [5, 5.41) is 12.2. The Morgan fingerprint density at radius 1 is 0.932 bits per heavy atom. The predicted octanol–water partition coefficient (Wildman–Crippen LogP) is 8.72. The number of anilines is 4. The molecule has 0 aliphatic heterocycles. The molecule has 0 atom stereocenters. The Morgan fingerprint density at radius 2 is 1.68 bits per heavy atom. The first-order chi connectivity index (χ1) is 20.9. The number of ether oxygens (including phenoxy) is 1. The van der Waals surface area contributed by atoms with Gasteiger partial charge in [0.05, 0.1) is 30.9 Å². The predicted molar refractivity (Wildman–Crippen MR) is 183 cm³/mol. The molecule has 3 aromatic carbocycles. The van der Waals surface area contributed by atoms with Crippen molar-refractivity contribution < 1.29 is 9.30 Å². The van der Waals surface area contributed by atoms with Crippen LogP contribution < -0.4 is 20.7 Å². The third-order valence-corrected chi connectivity index (χ3v) is 9.15. The lowest BCUT2D eigenvalue weighted by atomic mass is 9.82. The molecule has 0 fully saturated rings. The number of hydrogen-bond acceptors (Lipinski definition) is 7. The van der Waals surface area contributed by atoms with Crippen LogP contribution in [-0.2, 0) is 16.5 Å². The third-order valence-electron chi connectivity index (χ3n) is 7.34. The number of aryl methyl sites for hydroxylation is 1. The largest absolute Gasteiger partial charge is 0.495 e. The van der Waals surface area contributed by atoms with Crippen molar-refractivity contribution in [3.8, 4) is 28.0 Å². The van der Waals surface area contributed by atoms with Gasteiger partial charge in [-0.15, -0.1) is 0 Å². The van der Waals surface area contributed by atoms with Crippen LogP contribution in [0.3, 0.4) is 0 Å². The summed E-state index contributed by atoms with van der Waals surface area (Å²) in [6.45, 7) is 12.9. The van der Waals surface area contributed by atoms with E-state index < -0.39 is 7.14 Å². The lowest BCUT2D eigenvalue weighted by Gasteiger charge is -2.25. The van der Waals surface area contributed by atoms with Gasteiger partial charge in [0, 0.05) is 23.6 Å². The normalized spacial score (nSPS) is 11.8. The van der Waals surface area contributed by atoms with Crippen LogP contribution in [0.5, 0.6) is 5.75 Å². The van der Waals surface area contributed by atoms with E-state index in [9.17, 15) is 4.57 Å². The van der Waals surface area contributed by atoms with E-state index in [0.717, 1.165) is 34.4 Å². The average molecular weight is 629 g/mol. The quantitative estimate of drug-likeness (QED) is 0.158. The van der Waals surface area contributed by atoms with E-state index >= 15 is 0 Å². The molecule has 5 aromatic rings. The Bertz CT molecular complexity index is 1840. The van der Waals surface area contributed by atoms with Gasteiger partial charge in [0.1, 0.15) is 17.9 Å². The lowest BCUT2D eigenvalue weighted by Crippen LogP contribution is -2.14. The van der Waals surface area contributed by atoms with Crippen LogP contribution in [0, 0.1) is 0 Å². The van der Waals surface area contributed by atoms with E-state index in [4.69, 9.17) is 21.3 Å². The first-order valence-electron chi connectivity index (χ1n) is 14.4. The Hall–Kier alpha value is -4.13. The highest BCUT2D eigenvalue weighted by atomic mass is 35.5. The number of benzene rings is 3. The molecule has 0 bridgehead atoms. The summed E-state index contributed by atoms with van der Waals surface area (Å²) in [6, 6.07) is 20.0. The van der Waals surface area contributed by atoms with E-state index in [0.29, 0.717) is 39.2 Å². The maximum atomic E-state index is 13.4. The lowest BCUT2D eigenvalue weighted by molar-refractivity contribution is 0.415. The van der Waals surface area contributed by atoms with Gasteiger partial charge in [-0.25, -0.2) is 4.98 Å². The molecule has 0 aliphatic rings. The van der Waals surface area contributed by atoms with Gasteiger partial charge in [0.2, 0.25) is 5.95 Å². The summed E-state index contributed by atoms with van der Waals surface area (Å²) in [5.41, 5.74) is 6.44. The molecule has 10 heteroatoms. The third kappa shape index (κ3) is 6.82. The van der Waals surface area contributed by atoms with Crippen molar-refractivity contribution in [2.75, 3.05) is 31.1 Å². The molecule has 0 saturated carbocycles. The van der Waals surface area contributed by atoms with Gasteiger partial charge in [-0.3, -0.25) is 4.68 Å². The van der Waals surface area contributed by atoms with Crippen LogP contribution in [-0.4, -0.2) is 40.2 Å². The van der Waals surface area contributed by atoms with E-state index in [-0.39, 0.29) is 5.41 Å². The summed E-state index contributed by atoms with van der Waals surface area (Å²) >= 11 is 6.58. The van der Waals surface area contributed by atoms with Crippen molar-refractivity contribution in [1.82, 2.24) is 19.7 Å². The highest BCUT2D eigenvalue weighted by Crippen LogP contribution is 2.42. The maximum absolute atomic E-state index is 13.4. The summed E-state index contributed by atoms with van der Waals surface area (Å²) in [4.78, 5) is 9.15. The first kappa shape index (κ1) is 31.3. The van der Waals surface area contributed by atoms with Crippen LogP contribution in [0.1, 0.15) is 33.3 Å². The summed E-state index contributed by atoms with van der Waals surface area (Å²) in [5.74, 6) is 1.37. The van der Waals surface area contributed by atoms with Crippen LogP contribution in [0.15, 0.2) is 79.3 Å². The van der Waals surface area contributed by atoms with Crippen molar-refractivity contribution in [2.24, 2.45) is 0 Å². The minimum absolute atomic E-state index is 0.144. The highest BCUT2D eigenvalue weighted by Gasteiger charge is 2.24. The number of halogens is 1. The van der Waals surface area contributed by atoms with Crippen LogP contribution in [0.4, 0.5) is 23.1 Å². The molecule has 2 N–H and O–H groups in total. The number of aromatic nitrogens is 4. The summed E-state index contributed by atoms with van der Waals surface area (Å²) in [7, 11) is -1.03. The second-order valence-electron chi connectivity index (χ2n) is 12.0. The molecule has 0 unspecified atom stereocenters. The van der Waals surface area contributed by atoms with Crippen molar-refractivity contribution in [2.45, 2.75) is 39.7 Å². The standard InChI is InChI=1S/C34H38ClN6O2P/c1-8-41-21-24(19-37-41)25-17-29(30(43-5)18-26(25)34(2,3)4)39-33-36-20-27(35)32(40-33)38-28-15-14-23(16-31(28)44(6,7)42)22-12-10-9-11-13-22/h9-21H,8H2,1-7H3,(H2,36,38,39,40). The van der Waals surface area contributed by atoms with E-state index in [2.05, 4.69) is 54.5 Å². The minimum Gasteiger partial charge on any atom is -0.495 e. The van der Waals surface area contributed by atoms with Crippen LogP contribution in [0.25, 0.3) is 22.3 Å². The second-order valence-corrected chi connectivity index (χ2v) is 15.6. The number of methoxy groups -OCH3 is 1. The number of nitrogens with zero attached hydrogens (tertiary/aromatic N) is 4. The molecule has 0 amide bonds. The Balaban J connectivity index is 1.52. The molecule has 5 rings (SSSR count). The Labute approximate surface area is 264 Å². The van der Waals surface area contributed by atoms with Crippen molar-refractivity contribution in [3.63, 3.8) is 0 Å². The molecule has 0 saturated heterocycles. The smallest absolute Gasteiger partial charge is 0.229 e. The average Bonchev–Trinajstić information content (AvgIpc) is 3.47. The van der Waals surface area contributed by atoms with Crippen molar-refractivity contribution in [3.05, 3.63) is 89.8 Å². The zero-order valence-corrected chi connectivity index (χ0v) is 27.8. The zero-order valence-electron chi connectivity index (χ0n) is 26.1. The highest BCUT2D eigenvalue weighted by molar-refractivity contribution is 7.70. The van der Waals surface area contributed by atoms with Gasteiger partial charge >= 0.3 is 0 Å². The van der Waals surface area contributed by atoms with E-state index in [1.807, 2.05) is 71.7 Å². The molecule has 0 radical (unpaired) electrons. The molecule has 2 heterocycles. The number of rotatable bonds is 9. The fraction of sp³-hybridized carbons (Fsp3) is 0.265. The molecule has 8 nitrogen and oxygen atoms in total. The van der Waals surface area contributed by atoms with Gasteiger partial charge in [0.15, 0.2) is 5.82 Å². The zero-order chi connectivity index (χ0) is 31.6. The fourth-order valence-corrected chi connectivity index (χ4v) is 6.34. The van der Waals surface area contributed by atoms with Crippen LogP contribution in [0.2, 0.25) is 5.02 Å². The molecular weight excluding hydrogens is 591 g/mol. The summed E-state index contributed by atoms with van der Waals surface area (Å²) in [6.07, 6.45) is 5.46. The second kappa shape index (κ2) is 12.5. The monoisotopic (exact) mass is 628 g/mol. The van der Waals surface area contributed by atoms with Gasteiger partial charge in [-0.2, -0.15) is 10.1 Å². The topological polar surface area (TPSA) is 94.0 Å². The SMILES string of the molecule is CCn1cc(-c2cc(Nc3ncc(Cl)c(Nc4ccc(-c5ccccc5)cc4P(C)(C)=O)n3)c(OC)cc2C(C)(C)C)cn1. The Kier molecular flexibility index (Phi) is 8.87. The number of nitrogens with one attached hydrogen (secondary N) is 2. The summed E-state index contributed by atoms with van der Waals surface area (Å²) < 4.78 is 21.1. The molecular formula is C34H38ClN6O2P. The molecule has 44 heavy (non-hydrogen) atoms. The molecule has 2 aromatic heterocycles. The van der Waals surface area contributed by atoms with Gasteiger partial charge in [-0.1, -0.05) is 68.8 Å². The van der Waals surface area contributed by atoms with E-state index in [1.54, 1.807) is 20.4 Å². The van der Waals surface area contributed by atoms with Gasteiger partial charge in [0.25, 0.3) is 0 Å². The van der Waals surface area contributed by atoms with Gasteiger partial charge < -0.3 is 19.9 Å². The van der Waals surface area contributed by atoms with Crippen molar-refractivity contribution in [1.29, 1.82) is 0 Å². The molecule has 0 aliphatic carbocycles. The van der Waals surface area contributed by atoms with E-state index in [1.165, 1.54) is 6.20 Å².